The fraction of sp³-hybridized carbons (Fsp3) is 0.958. The predicted molar refractivity (Wildman–Crippen MR) is 110 cm³/mol. The second-order valence-corrected chi connectivity index (χ2v) is 14.3. The third kappa shape index (κ3) is 2.01. The second-order valence-electron chi connectivity index (χ2n) is 12.6. The van der Waals surface area contributed by atoms with Crippen molar-refractivity contribution in [3.05, 3.63) is 0 Å². The molecular weight excluding hydrogens is 400 g/mol. The van der Waals surface area contributed by atoms with Gasteiger partial charge in [0.25, 0.3) is 10.1 Å². The zero-order chi connectivity index (χ0) is 20.8. The minimum Gasteiger partial charge on any atom is -0.458 e. The van der Waals surface area contributed by atoms with Crippen molar-refractivity contribution in [2.24, 2.45) is 58.2 Å². The molecule has 7 rings (SSSR count). The topological polar surface area (TPSA) is 80.7 Å². The summed E-state index contributed by atoms with van der Waals surface area (Å²) < 4.78 is 39.7. The molecule has 1 heterocycles. The maximum absolute atomic E-state index is 12.2. The Balaban J connectivity index is 1.25. The molecule has 166 valence electrons. The van der Waals surface area contributed by atoms with Gasteiger partial charge in [0.15, 0.2) is 0 Å². The van der Waals surface area contributed by atoms with Crippen LogP contribution in [0.15, 0.2) is 0 Å². The van der Waals surface area contributed by atoms with E-state index in [0.29, 0.717) is 48.9 Å². The molecule has 5 nitrogen and oxygen atoms in total. The molecule has 0 bridgehead atoms. The molecule has 0 aromatic carbocycles. The highest BCUT2D eigenvalue weighted by molar-refractivity contribution is 7.86. The van der Waals surface area contributed by atoms with Crippen molar-refractivity contribution in [3.63, 3.8) is 0 Å². The number of hydrogen-bond donors (Lipinski definition) is 1. The van der Waals surface area contributed by atoms with Crippen molar-refractivity contribution in [3.8, 4) is 0 Å². The standard InChI is InChI=1S/C24H34O5S/c1-22-6-3-12(30(26,27)28)9-17(22)13-10-14(13)20-16(22)4-7-23(2)21(20)15-11-18(15)24(23)8-5-19(25)29-24/h12-18,20-21H,3-11H2,1-2H3,(H,26,27,28)/t12?,13-,14+,15-,16?,17?,18+,20?,21?,22-,23+,24?/m1/s1. The van der Waals surface area contributed by atoms with Gasteiger partial charge < -0.3 is 4.74 Å². The molecular formula is C24H34O5S. The van der Waals surface area contributed by atoms with Crippen LogP contribution in [-0.2, 0) is 19.6 Å². The van der Waals surface area contributed by atoms with Gasteiger partial charge in [-0.05, 0) is 98.2 Å². The average Bonchev–Trinajstić information content (AvgIpc) is 3.57. The minimum atomic E-state index is -3.93. The second kappa shape index (κ2) is 5.30. The summed E-state index contributed by atoms with van der Waals surface area (Å²) in [7, 11) is -3.93. The van der Waals surface area contributed by atoms with Crippen LogP contribution in [0.5, 0.6) is 0 Å². The van der Waals surface area contributed by atoms with Gasteiger partial charge in [-0.25, -0.2) is 0 Å². The molecule has 1 spiro atoms. The van der Waals surface area contributed by atoms with Gasteiger partial charge in [0.05, 0.1) is 5.25 Å². The monoisotopic (exact) mass is 434 g/mol. The highest BCUT2D eigenvalue weighted by Gasteiger charge is 2.81. The van der Waals surface area contributed by atoms with Crippen molar-refractivity contribution in [2.45, 2.75) is 82.5 Å². The van der Waals surface area contributed by atoms with Crippen LogP contribution in [0.3, 0.4) is 0 Å². The fourth-order valence-electron chi connectivity index (χ4n) is 10.8. The van der Waals surface area contributed by atoms with Crippen molar-refractivity contribution in [1.29, 1.82) is 0 Å². The summed E-state index contributed by atoms with van der Waals surface area (Å²) in [5, 5.41) is -0.553. The zero-order valence-corrected chi connectivity index (χ0v) is 18.9. The lowest BCUT2D eigenvalue weighted by Crippen LogP contribution is -2.59. The van der Waals surface area contributed by atoms with Gasteiger partial charge in [-0.2, -0.15) is 8.42 Å². The van der Waals surface area contributed by atoms with E-state index in [9.17, 15) is 17.8 Å². The Kier molecular flexibility index (Phi) is 3.34. The van der Waals surface area contributed by atoms with Crippen LogP contribution in [0.1, 0.15) is 71.6 Å². The van der Waals surface area contributed by atoms with E-state index in [1.54, 1.807) is 0 Å². The third-order valence-corrected chi connectivity index (χ3v) is 13.3. The lowest BCUT2D eigenvalue weighted by molar-refractivity contribution is -0.185. The third-order valence-electron chi connectivity index (χ3n) is 12.0. The maximum atomic E-state index is 12.2. The van der Waals surface area contributed by atoms with Crippen molar-refractivity contribution >= 4 is 16.1 Å². The van der Waals surface area contributed by atoms with Crippen LogP contribution in [0.25, 0.3) is 0 Å². The molecule has 1 N–H and O–H groups in total. The van der Waals surface area contributed by atoms with Gasteiger partial charge in [0.1, 0.15) is 5.60 Å². The molecule has 0 amide bonds. The van der Waals surface area contributed by atoms with E-state index in [1.165, 1.54) is 19.3 Å². The molecule has 12 atom stereocenters. The number of esters is 1. The first kappa shape index (κ1) is 18.9. The van der Waals surface area contributed by atoms with Crippen molar-refractivity contribution in [2.75, 3.05) is 0 Å². The van der Waals surface area contributed by atoms with Gasteiger partial charge in [-0.15, -0.1) is 0 Å². The molecule has 0 radical (unpaired) electrons. The van der Waals surface area contributed by atoms with Gasteiger partial charge in [-0.3, -0.25) is 9.35 Å². The van der Waals surface area contributed by atoms with Crippen molar-refractivity contribution < 1.29 is 22.5 Å². The fourth-order valence-corrected chi connectivity index (χ4v) is 11.6. The van der Waals surface area contributed by atoms with Crippen LogP contribution >= 0.6 is 0 Å². The molecule has 30 heavy (non-hydrogen) atoms. The van der Waals surface area contributed by atoms with Gasteiger partial charge >= 0.3 is 5.97 Å². The lowest BCUT2D eigenvalue weighted by atomic mass is 9.43. The largest absolute Gasteiger partial charge is 0.458 e. The molecule has 6 aliphatic carbocycles. The van der Waals surface area contributed by atoms with E-state index in [-0.39, 0.29) is 22.4 Å². The molecule has 6 heteroatoms. The van der Waals surface area contributed by atoms with E-state index in [0.717, 1.165) is 37.0 Å². The molecule has 0 aromatic heterocycles. The van der Waals surface area contributed by atoms with E-state index in [1.807, 2.05) is 0 Å². The zero-order valence-electron chi connectivity index (χ0n) is 18.0. The van der Waals surface area contributed by atoms with Crippen molar-refractivity contribution in [1.82, 2.24) is 0 Å². The van der Waals surface area contributed by atoms with Crippen LogP contribution < -0.4 is 0 Å². The van der Waals surface area contributed by atoms with E-state index in [4.69, 9.17) is 4.74 Å². The predicted octanol–water partition coefficient (Wildman–Crippen LogP) is 4.07. The summed E-state index contributed by atoms with van der Waals surface area (Å²) in [5.41, 5.74) is 0.155. The first-order valence-electron chi connectivity index (χ1n) is 12.3. The number of carbonyl (C=O) groups is 1. The maximum Gasteiger partial charge on any atom is 0.306 e. The molecule has 6 saturated carbocycles. The summed E-state index contributed by atoms with van der Waals surface area (Å²) >= 11 is 0. The number of hydrogen-bond acceptors (Lipinski definition) is 4. The summed E-state index contributed by atoms with van der Waals surface area (Å²) in [6.45, 7) is 4.91. The first-order chi connectivity index (χ1) is 14.1. The highest BCUT2D eigenvalue weighted by atomic mass is 32.2. The van der Waals surface area contributed by atoms with Crippen LogP contribution in [0.2, 0.25) is 0 Å². The Labute approximate surface area is 179 Å². The Morgan fingerprint density at radius 1 is 0.933 bits per heavy atom. The van der Waals surface area contributed by atoms with Crippen LogP contribution in [0.4, 0.5) is 0 Å². The molecule has 1 aliphatic heterocycles. The Bertz CT molecular complexity index is 945. The molecule has 6 unspecified atom stereocenters. The van der Waals surface area contributed by atoms with E-state index in [2.05, 4.69) is 13.8 Å². The first-order valence-corrected chi connectivity index (χ1v) is 13.8. The number of rotatable bonds is 1. The van der Waals surface area contributed by atoms with E-state index < -0.39 is 15.4 Å². The Morgan fingerprint density at radius 3 is 2.43 bits per heavy atom. The number of fused-ring (bicyclic) bond motifs is 12. The van der Waals surface area contributed by atoms with Gasteiger partial charge in [0.2, 0.25) is 0 Å². The highest BCUT2D eigenvalue weighted by Crippen LogP contribution is 2.82. The molecule has 7 fully saturated rings. The van der Waals surface area contributed by atoms with E-state index >= 15 is 0 Å². The molecule has 0 aromatic rings. The summed E-state index contributed by atoms with van der Waals surface area (Å²) in [4.78, 5) is 12.2. The summed E-state index contributed by atoms with van der Waals surface area (Å²) in [6.07, 6.45) is 8.59. The molecule has 1 saturated heterocycles. The number of ether oxygens (including phenoxy) is 1. The molecule has 7 aliphatic rings. The lowest BCUT2D eigenvalue weighted by Gasteiger charge is -2.62. The quantitative estimate of drug-likeness (QED) is 0.497. The normalized spacial score (nSPS) is 62.6. The smallest absolute Gasteiger partial charge is 0.306 e. The number of carbonyl (C=O) groups excluding carboxylic acids is 1. The van der Waals surface area contributed by atoms with Gasteiger partial charge in [-0.1, -0.05) is 13.8 Å². The summed E-state index contributed by atoms with van der Waals surface area (Å²) in [5.74, 6) is 5.25. The van der Waals surface area contributed by atoms with Crippen LogP contribution in [0, 0.1) is 58.2 Å². The Morgan fingerprint density at radius 2 is 1.73 bits per heavy atom. The van der Waals surface area contributed by atoms with Crippen LogP contribution in [-0.4, -0.2) is 29.8 Å². The summed E-state index contributed by atoms with van der Waals surface area (Å²) in [6, 6.07) is 0. The SMILES string of the molecule is C[C@]12CCC(S(=O)(=O)O)CC1[C@@H]1C[C@@H]1C1C2CC[C@@]2(C)C1[C@@H]1C[C@@H]1C21CCC(=O)O1. The average molecular weight is 435 g/mol. The Hall–Kier alpha value is -0.620. The minimum absolute atomic E-state index is 0.0214. The van der Waals surface area contributed by atoms with Gasteiger partial charge in [0, 0.05) is 17.8 Å².